The van der Waals surface area contributed by atoms with Crippen LogP contribution in [0.1, 0.15) is 49.3 Å². The molecular weight excluding hydrogens is 317 g/mol. The van der Waals surface area contributed by atoms with E-state index in [4.69, 9.17) is 0 Å². The molecule has 1 saturated carbocycles. The number of carbonyl (C=O) groups excluding carboxylic acids is 1. The molecule has 1 amide bonds. The summed E-state index contributed by atoms with van der Waals surface area (Å²) in [4.78, 5) is 13.4. The molecule has 1 aliphatic heterocycles. The Labute approximate surface area is 140 Å². The number of hydrogen-bond acceptors (Lipinski definition) is 2. The minimum Gasteiger partial charge on any atom is -0.343 e. The molecule has 1 unspecified atom stereocenters. The average molecular weight is 340 g/mol. The van der Waals surface area contributed by atoms with E-state index >= 15 is 0 Å². The van der Waals surface area contributed by atoms with Crippen molar-refractivity contribution in [1.82, 2.24) is 10.2 Å². The van der Waals surface area contributed by atoms with Gasteiger partial charge >= 0.3 is 6.18 Å². The Bertz CT molecular complexity index is 584. The summed E-state index contributed by atoms with van der Waals surface area (Å²) >= 11 is 0. The molecule has 1 heterocycles. The third kappa shape index (κ3) is 4.29. The van der Waals surface area contributed by atoms with Gasteiger partial charge in [0.05, 0.1) is 5.56 Å². The van der Waals surface area contributed by atoms with E-state index in [1.165, 1.54) is 12.1 Å². The molecule has 3 nitrogen and oxygen atoms in total. The Hall–Kier alpha value is -1.56. The second-order valence-corrected chi connectivity index (χ2v) is 6.73. The minimum absolute atomic E-state index is 0.0263. The summed E-state index contributed by atoms with van der Waals surface area (Å²) in [6.45, 7) is 2.27. The number of alkyl halides is 3. The molecule has 0 aromatic heterocycles. The summed E-state index contributed by atoms with van der Waals surface area (Å²) in [5.74, 6) is 0.633. The number of carbonyl (C=O) groups is 1. The van der Waals surface area contributed by atoms with Crippen LogP contribution >= 0.6 is 0 Å². The molecule has 1 aromatic carbocycles. The zero-order valence-corrected chi connectivity index (χ0v) is 13.6. The van der Waals surface area contributed by atoms with Crippen LogP contribution in [0.4, 0.5) is 13.2 Å². The zero-order valence-electron chi connectivity index (χ0n) is 13.6. The van der Waals surface area contributed by atoms with Crippen LogP contribution in [-0.2, 0) is 11.0 Å². The Morgan fingerprint density at radius 1 is 1.29 bits per heavy atom. The molecule has 1 atom stereocenters. The van der Waals surface area contributed by atoms with Gasteiger partial charge in [-0.05, 0) is 55.8 Å². The number of benzene rings is 1. The third-order valence-electron chi connectivity index (χ3n) is 4.81. The molecule has 0 bridgehead atoms. The van der Waals surface area contributed by atoms with Crippen molar-refractivity contribution < 1.29 is 18.0 Å². The van der Waals surface area contributed by atoms with E-state index in [0.717, 1.165) is 44.8 Å². The van der Waals surface area contributed by atoms with Crippen molar-refractivity contribution in [2.45, 2.75) is 44.3 Å². The maximum absolute atomic E-state index is 12.9. The number of hydrogen-bond donors (Lipinski definition) is 1. The van der Waals surface area contributed by atoms with Crippen LogP contribution in [0.3, 0.4) is 0 Å². The van der Waals surface area contributed by atoms with Crippen molar-refractivity contribution in [2.75, 3.05) is 19.6 Å². The van der Waals surface area contributed by atoms with Gasteiger partial charge in [-0.3, -0.25) is 4.79 Å². The van der Waals surface area contributed by atoms with Crippen LogP contribution in [0.15, 0.2) is 24.3 Å². The molecule has 1 aliphatic carbocycles. The highest BCUT2D eigenvalue weighted by molar-refractivity contribution is 5.77. The van der Waals surface area contributed by atoms with Crippen molar-refractivity contribution in [2.24, 2.45) is 5.92 Å². The van der Waals surface area contributed by atoms with Crippen LogP contribution in [0.25, 0.3) is 0 Å². The molecule has 132 valence electrons. The molecule has 3 rings (SSSR count). The SMILES string of the molecule is O=C1CCCN1CCCNC(c1cccc(C(F)(F)F)c1)C1CC1. The third-order valence-corrected chi connectivity index (χ3v) is 4.81. The van der Waals surface area contributed by atoms with Crippen molar-refractivity contribution in [3.05, 3.63) is 35.4 Å². The topological polar surface area (TPSA) is 32.3 Å². The van der Waals surface area contributed by atoms with Crippen LogP contribution in [-0.4, -0.2) is 30.4 Å². The van der Waals surface area contributed by atoms with Gasteiger partial charge in [-0.15, -0.1) is 0 Å². The molecule has 2 fully saturated rings. The van der Waals surface area contributed by atoms with E-state index in [0.29, 0.717) is 24.4 Å². The van der Waals surface area contributed by atoms with Crippen LogP contribution in [0.2, 0.25) is 0 Å². The Kier molecular flexibility index (Phi) is 5.13. The van der Waals surface area contributed by atoms with Gasteiger partial charge in [0.15, 0.2) is 0 Å². The highest BCUT2D eigenvalue weighted by Crippen LogP contribution is 2.42. The predicted molar refractivity (Wildman–Crippen MR) is 85.3 cm³/mol. The lowest BCUT2D eigenvalue weighted by molar-refractivity contribution is -0.137. The van der Waals surface area contributed by atoms with Gasteiger partial charge in [0.2, 0.25) is 5.91 Å². The van der Waals surface area contributed by atoms with E-state index in [-0.39, 0.29) is 11.9 Å². The number of halogens is 3. The zero-order chi connectivity index (χ0) is 17.2. The summed E-state index contributed by atoms with van der Waals surface area (Å²) in [7, 11) is 0. The highest BCUT2D eigenvalue weighted by atomic mass is 19.4. The van der Waals surface area contributed by atoms with E-state index in [1.807, 2.05) is 4.90 Å². The first-order chi connectivity index (χ1) is 11.4. The highest BCUT2D eigenvalue weighted by Gasteiger charge is 2.35. The summed E-state index contributed by atoms with van der Waals surface area (Å²) in [6, 6.07) is 5.61. The van der Waals surface area contributed by atoms with Gasteiger partial charge in [0, 0.05) is 25.6 Å². The molecule has 6 heteroatoms. The predicted octanol–water partition coefficient (Wildman–Crippen LogP) is 3.76. The van der Waals surface area contributed by atoms with E-state index in [1.54, 1.807) is 6.07 Å². The van der Waals surface area contributed by atoms with Crippen LogP contribution in [0, 0.1) is 5.92 Å². The van der Waals surface area contributed by atoms with Crippen molar-refractivity contribution in [3.63, 3.8) is 0 Å². The van der Waals surface area contributed by atoms with Gasteiger partial charge < -0.3 is 10.2 Å². The van der Waals surface area contributed by atoms with Crippen molar-refractivity contribution in [3.8, 4) is 0 Å². The number of likely N-dealkylation sites (tertiary alicyclic amines) is 1. The summed E-state index contributed by atoms with van der Waals surface area (Å²) < 4.78 is 38.7. The number of rotatable bonds is 7. The molecule has 0 radical (unpaired) electrons. The summed E-state index contributed by atoms with van der Waals surface area (Å²) in [6.07, 6.45) is 0.203. The first kappa shape index (κ1) is 17.3. The lowest BCUT2D eigenvalue weighted by Gasteiger charge is -2.21. The molecular formula is C18H23F3N2O. The normalized spacial score (nSPS) is 19.8. The molecule has 0 spiro atoms. The maximum Gasteiger partial charge on any atom is 0.416 e. The number of nitrogens with zero attached hydrogens (tertiary/aromatic N) is 1. The summed E-state index contributed by atoms with van der Waals surface area (Å²) in [5.41, 5.74) is 0.125. The summed E-state index contributed by atoms with van der Waals surface area (Å²) in [5, 5.41) is 3.41. The molecule has 2 aliphatic rings. The largest absolute Gasteiger partial charge is 0.416 e. The van der Waals surface area contributed by atoms with Crippen LogP contribution in [0.5, 0.6) is 0 Å². The lowest BCUT2D eigenvalue weighted by Crippen LogP contribution is -2.30. The second kappa shape index (κ2) is 7.13. The van der Waals surface area contributed by atoms with Gasteiger partial charge in [-0.2, -0.15) is 13.2 Å². The van der Waals surface area contributed by atoms with Crippen molar-refractivity contribution in [1.29, 1.82) is 0 Å². The minimum atomic E-state index is -4.31. The van der Waals surface area contributed by atoms with E-state index < -0.39 is 11.7 Å². The lowest BCUT2D eigenvalue weighted by atomic mass is 9.99. The fourth-order valence-corrected chi connectivity index (χ4v) is 3.36. The Morgan fingerprint density at radius 2 is 2.08 bits per heavy atom. The molecule has 1 aromatic rings. The van der Waals surface area contributed by atoms with Crippen LogP contribution < -0.4 is 5.32 Å². The van der Waals surface area contributed by atoms with Gasteiger partial charge in [0.25, 0.3) is 0 Å². The number of nitrogens with one attached hydrogen (secondary N) is 1. The average Bonchev–Trinajstić information content (AvgIpc) is 3.29. The molecule has 1 saturated heterocycles. The smallest absolute Gasteiger partial charge is 0.343 e. The van der Waals surface area contributed by atoms with Crippen molar-refractivity contribution >= 4 is 5.91 Å². The maximum atomic E-state index is 12.9. The second-order valence-electron chi connectivity index (χ2n) is 6.73. The molecule has 24 heavy (non-hydrogen) atoms. The van der Waals surface area contributed by atoms with Gasteiger partial charge in [0.1, 0.15) is 0 Å². The van der Waals surface area contributed by atoms with Gasteiger partial charge in [-0.1, -0.05) is 12.1 Å². The van der Waals surface area contributed by atoms with E-state index in [2.05, 4.69) is 5.32 Å². The first-order valence-electron chi connectivity index (χ1n) is 8.63. The fourth-order valence-electron chi connectivity index (χ4n) is 3.36. The van der Waals surface area contributed by atoms with E-state index in [9.17, 15) is 18.0 Å². The number of amides is 1. The monoisotopic (exact) mass is 340 g/mol. The standard InChI is InChI=1S/C18H23F3N2O/c19-18(20,21)15-5-1-4-14(12-15)17(13-7-8-13)22-9-3-11-23-10-2-6-16(23)24/h1,4-5,12-13,17,22H,2-3,6-11H2. The fraction of sp³-hybridized carbons (Fsp3) is 0.611. The Morgan fingerprint density at radius 3 is 2.71 bits per heavy atom. The first-order valence-corrected chi connectivity index (χ1v) is 8.63. The molecule has 1 N–H and O–H groups in total. The Balaban J connectivity index is 1.56. The quantitative estimate of drug-likeness (QED) is 0.767. The van der Waals surface area contributed by atoms with Gasteiger partial charge in [-0.25, -0.2) is 0 Å².